The summed E-state index contributed by atoms with van der Waals surface area (Å²) in [6.07, 6.45) is 7.70. The quantitative estimate of drug-likeness (QED) is 0.425. The minimum Gasteiger partial charge on any atom is -0.462 e. The summed E-state index contributed by atoms with van der Waals surface area (Å²) in [5.41, 5.74) is -0.694. The molecular formula is C28H39FO5. The highest BCUT2D eigenvalue weighted by molar-refractivity contribution is 6.01. The monoisotopic (exact) mass is 474 g/mol. The van der Waals surface area contributed by atoms with Gasteiger partial charge in [-0.25, -0.2) is 4.39 Å². The normalized spacial score (nSPS) is 42.9. The maximum atomic E-state index is 15.6. The van der Waals surface area contributed by atoms with Gasteiger partial charge in [-0.2, -0.15) is 0 Å². The van der Waals surface area contributed by atoms with Crippen LogP contribution in [0.1, 0.15) is 72.6 Å². The molecular weight excluding hydrogens is 435 g/mol. The van der Waals surface area contributed by atoms with Crippen molar-refractivity contribution >= 4 is 17.5 Å². The Balaban J connectivity index is 1.74. The molecule has 0 bridgehead atoms. The number of allylic oxidation sites excluding steroid dienone is 4. The Morgan fingerprint density at radius 1 is 1.24 bits per heavy atom. The van der Waals surface area contributed by atoms with E-state index < -0.39 is 29.7 Å². The highest BCUT2D eigenvalue weighted by Gasteiger charge is 2.66. The van der Waals surface area contributed by atoms with Crippen molar-refractivity contribution in [2.45, 2.75) is 84.9 Å². The van der Waals surface area contributed by atoms with Crippen molar-refractivity contribution in [3.05, 3.63) is 23.8 Å². The Morgan fingerprint density at radius 2 is 1.97 bits per heavy atom. The average Bonchev–Trinajstić information content (AvgIpc) is 3.04. The molecule has 0 heterocycles. The number of ketones is 2. The number of aliphatic hydroxyl groups excluding tert-OH is 1. The van der Waals surface area contributed by atoms with Crippen molar-refractivity contribution in [3.8, 4) is 0 Å². The first-order valence-electron chi connectivity index (χ1n) is 13.0. The molecule has 0 saturated heterocycles. The molecule has 0 unspecified atom stereocenters. The van der Waals surface area contributed by atoms with Crippen molar-refractivity contribution in [3.63, 3.8) is 0 Å². The summed E-state index contributed by atoms with van der Waals surface area (Å²) < 4.78 is 21.8. The van der Waals surface area contributed by atoms with Gasteiger partial charge in [0.2, 0.25) is 0 Å². The van der Waals surface area contributed by atoms with Gasteiger partial charge in [0.15, 0.2) is 11.6 Å². The summed E-state index contributed by atoms with van der Waals surface area (Å²) in [4.78, 5) is 37.9. The van der Waals surface area contributed by atoms with Crippen LogP contribution in [0.25, 0.3) is 0 Å². The predicted octanol–water partition coefficient (Wildman–Crippen LogP) is 4.77. The van der Waals surface area contributed by atoms with Gasteiger partial charge >= 0.3 is 5.97 Å². The van der Waals surface area contributed by atoms with E-state index in [0.29, 0.717) is 18.4 Å². The second-order valence-electron chi connectivity index (χ2n) is 11.6. The lowest BCUT2D eigenvalue weighted by molar-refractivity contribution is -0.176. The van der Waals surface area contributed by atoms with E-state index in [1.807, 2.05) is 19.9 Å². The summed E-state index contributed by atoms with van der Waals surface area (Å²) >= 11 is 0. The van der Waals surface area contributed by atoms with Gasteiger partial charge in [0, 0.05) is 23.7 Å². The number of fused-ring (bicyclic) bond motifs is 5. The Morgan fingerprint density at radius 3 is 2.65 bits per heavy atom. The number of carbonyl (C=O) groups excluding carboxylic acids is 3. The molecule has 5 nitrogen and oxygen atoms in total. The summed E-state index contributed by atoms with van der Waals surface area (Å²) in [5.74, 6) is -1.04. The lowest BCUT2D eigenvalue weighted by atomic mass is 9.46. The predicted molar refractivity (Wildman–Crippen MR) is 126 cm³/mol. The number of rotatable bonds is 7. The highest BCUT2D eigenvalue weighted by atomic mass is 19.1. The lowest BCUT2D eigenvalue weighted by Gasteiger charge is -2.59. The highest BCUT2D eigenvalue weighted by Crippen LogP contribution is 2.67. The van der Waals surface area contributed by atoms with Crippen LogP contribution >= 0.6 is 0 Å². The molecule has 3 fully saturated rings. The van der Waals surface area contributed by atoms with Gasteiger partial charge in [-0.1, -0.05) is 46.6 Å². The SMILES string of the molecule is CCCCCC(=O)O[C@H]1C[C@@]2(C)[C@@H](C[C@@H](C)[C@@H]2C(=O)CO)[C@@H]2C[C@H](F)C3=CC(=O)C=C[C@]3(C)[C@H]21. The zero-order valence-electron chi connectivity index (χ0n) is 20.9. The summed E-state index contributed by atoms with van der Waals surface area (Å²) in [6, 6.07) is 0. The van der Waals surface area contributed by atoms with Gasteiger partial charge in [0.05, 0.1) is 0 Å². The second-order valence-corrected chi connectivity index (χ2v) is 11.6. The zero-order chi connectivity index (χ0) is 24.8. The second kappa shape index (κ2) is 9.33. The molecule has 34 heavy (non-hydrogen) atoms. The first-order valence-corrected chi connectivity index (χ1v) is 13.0. The largest absolute Gasteiger partial charge is 0.462 e. The Kier molecular flexibility index (Phi) is 6.93. The van der Waals surface area contributed by atoms with Crippen LogP contribution in [-0.4, -0.2) is 41.5 Å². The first kappa shape index (κ1) is 25.3. The maximum absolute atomic E-state index is 15.6. The molecule has 4 aliphatic carbocycles. The third-order valence-electron chi connectivity index (χ3n) is 9.56. The molecule has 3 saturated carbocycles. The third-order valence-corrected chi connectivity index (χ3v) is 9.56. The molecule has 1 N–H and O–H groups in total. The van der Waals surface area contributed by atoms with Crippen LogP contribution in [0.4, 0.5) is 4.39 Å². The van der Waals surface area contributed by atoms with Crippen LogP contribution in [0.15, 0.2) is 23.8 Å². The van der Waals surface area contributed by atoms with Crippen LogP contribution in [0.2, 0.25) is 0 Å². The third kappa shape index (κ3) is 4.00. The molecule has 4 aliphatic rings. The van der Waals surface area contributed by atoms with E-state index in [2.05, 4.69) is 13.8 Å². The Hall–Kier alpha value is -1.82. The van der Waals surface area contributed by atoms with E-state index >= 15 is 4.39 Å². The molecule has 0 aliphatic heterocycles. The fourth-order valence-electron chi connectivity index (χ4n) is 8.31. The number of hydrogen-bond acceptors (Lipinski definition) is 5. The van der Waals surface area contributed by atoms with E-state index in [0.717, 1.165) is 25.7 Å². The molecule has 0 spiro atoms. The van der Waals surface area contributed by atoms with Crippen LogP contribution in [0.3, 0.4) is 0 Å². The van der Waals surface area contributed by atoms with Gasteiger partial charge in [-0.15, -0.1) is 0 Å². The molecule has 0 amide bonds. The van der Waals surface area contributed by atoms with Crippen molar-refractivity contribution in [2.75, 3.05) is 6.61 Å². The van der Waals surface area contributed by atoms with Crippen LogP contribution < -0.4 is 0 Å². The number of halogens is 1. The van der Waals surface area contributed by atoms with Gasteiger partial charge in [0.1, 0.15) is 18.9 Å². The Bertz CT molecular complexity index is 908. The molecule has 188 valence electrons. The van der Waals surface area contributed by atoms with E-state index in [1.165, 1.54) is 12.2 Å². The fourth-order valence-corrected chi connectivity index (χ4v) is 8.31. The molecule has 0 radical (unpaired) electrons. The average molecular weight is 475 g/mol. The number of esters is 1. The molecule has 9 atom stereocenters. The number of ether oxygens (including phenoxy) is 1. The van der Waals surface area contributed by atoms with E-state index in [4.69, 9.17) is 4.74 Å². The van der Waals surface area contributed by atoms with Gasteiger partial charge < -0.3 is 9.84 Å². The smallest absolute Gasteiger partial charge is 0.306 e. The molecule has 4 rings (SSSR count). The number of aliphatic hydroxyl groups is 1. The van der Waals surface area contributed by atoms with E-state index in [-0.39, 0.29) is 53.5 Å². The fraction of sp³-hybridized carbons (Fsp3) is 0.750. The van der Waals surface area contributed by atoms with E-state index in [1.54, 1.807) is 0 Å². The van der Waals surface area contributed by atoms with Gasteiger partial charge in [-0.05, 0) is 66.6 Å². The molecule has 6 heteroatoms. The van der Waals surface area contributed by atoms with Crippen molar-refractivity contribution in [1.82, 2.24) is 0 Å². The van der Waals surface area contributed by atoms with Crippen molar-refractivity contribution in [1.29, 1.82) is 0 Å². The number of hydrogen-bond donors (Lipinski definition) is 1. The summed E-state index contributed by atoms with van der Waals surface area (Å²) in [6.45, 7) is 7.67. The molecule has 0 aromatic heterocycles. The molecule has 0 aromatic rings. The number of alkyl halides is 1. The number of unbranched alkanes of at least 4 members (excludes halogenated alkanes) is 2. The summed E-state index contributed by atoms with van der Waals surface area (Å²) in [7, 11) is 0. The molecule has 0 aromatic carbocycles. The van der Waals surface area contributed by atoms with Crippen LogP contribution in [-0.2, 0) is 19.1 Å². The van der Waals surface area contributed by atoms with Crippen LogP contribution in [0.5, 0.6) is 0 Å². The lowest BCUT2D eigenvalue weighted by Crippen LogP contribution is -2.59. The topological polar surface area (TPSA) is 80.7 Å². The summed E-state index contributed by atoms with van der Waals surface area (Å²) in [5, 5.41) is 9.70. The first-order chi connectivity index (χ1) is 16.1. The van der Waals surface area contributed by atoms with Crippen LogP contribution in [0, 0.1) is 40.4 Å². The van der Waals surface area contributed by atoms with Gasteiger partial charge in [-0.3, -0.25) is 14.4 Å². The van der Waals surface area contributed by atoms with Gasteiger partial charge in [0.25, 0.3) is 0 Å². The number of Topliss-reactive ketones (excluding diaryl/α,β-unsaturated/α-hetero) is 1. The zero-order valence-corrected chi connectivity index (χ0v) is 20.9. The minimum absolute atomic E-state index is 0.0700. The van der Waals surface area contributed by atoms with Crippen molar-refractivity contribution in [2.24, 2.45) is 40.4 Å². The standard InChI is InChI=1S/C28H39FO5/c1-5-6-7-8-24(33)34-23-14-28(4)19(11-16(2)25(28)22(32)15-30)18-13-21(29)20-12-17(31)9-10-27(20,3)26(18)23/h9-10,12,16,18-19,21,23,25-26,30H,5-8,11,13-15H2,1-4H3/t16-,18+,19+,21+,23+,25-,26-,27+,28+/m1/s1. The minimum atomic E-state index is -1.24. The van der Waals surface area contributed by atoms with Crippen molar-refractivity contribution < 1.29 is 28.6 Å². The Labute approximate surface area is 202 Å². The maximum Gasteiger partial charge on any atom is 0.306 e. The van der Waals surface area contributed by atoms with E-state index in [9.17, 15) is 19.5 Å². The number of carbonyl (C=O) groups is 3.